The van der Waals surface area contributed by atoms with E-state index in [2.05, 4.69) is 19.9 Å². The summed E-state index contributed by atoms with van der Waals surface area (Å²) < 4.78 is 62.7. The number of rotatable bonds is 6. The molecule has 0 aliphatic carbocycles. The fraction of sp³-hybridized carbons (Fsp3) is 0.158. The fourth-order valence-corrected chi connectivity index (χ4v) is 3.72. The minimum atomic E-state index is -4.86. The van der Waals surface area contributed by atoms with Crippen molar-refractivity contribution in [3.05, 3.63) is 54.7 Å². The summed E-state index contributed by atoms with van der Waals surface area (Å²) in [5, 5.41) is 0. The molecule has 162 valence electrons. The maximum Gasteiger partial charge on any atom is 0.404 e. The summed E-state index contributed by atoms with van der Waals surface area (Å²) in [5.41, 5.74) is 8.82. The molecule has 0 bridgehead atoms. The number of alkyl halides is 3. The van der Waals surface area contributed by atoms with Crippen LogP contribution in [0.5, 0.6) is 0 Å². The number of nitrogens with two attached hydrogens (primary N) is 1. The topological polar surface area (TPSA) is 123 Å². The van der Waals surface area contributed by atoms with Crippen LogP contribution >= 0.6 is 0 Å². The molecule has 0 saturated carbocycles. The van der Waals surface area contributed by atoms with Crippen molar-refractivity contribution in [3.8, 4) is 11.1 Å². The zero-order valence-electron chi connectivity index (χ0n) is 16.1. The number of allylic oxidation sites excluding steroid dienone is 1. The van der Waals surface area contributed by atoms with Crippen LogP contribution in [0.1, 0.15) is 5.69 Å². The standard InChI is InChI=1S/C19H17F3N6O2S/c1-24-7-14(6-23)18-10-26-16-3-2-12(5-17(16)27-18)13-4-15(9-25-8-13)28-31(29,30)11-19(20,21)22/h2-10,28H,11,23H2,1H3. The van der Waals surface area contributed by atoms with Crippen LogP contribution in [0, 0.1) is 0 Å². The van der Waals surface area contributed by atoms with Crippen LogP contribution in [0.25, 0.3) is 27.7 Å². The lowest BCUT2D eigenvalue weighted by Gasteiger charge is -2.11. The second-order valence-corrected chi connectivity index (χ2v) is 8.13. The molecule has 8 nitrogen and oxygen atoms in total. The molecule has 0 saturated heterocycles. The van der Waals surface area contributed by atoms with Gasteiger partial charge in [0.1, 0.15) is 0 Å². The first-order valence-electron chi connectivity index (χ1n) is 8.74. The third-order valence-electron chi connectivity index (χ3n) is 3.98. The van der Waals surface area contributed by atoms with Gasteiger partial charge in [0.05, 0.1) is 34.8 Å². The van der Waals surface area contributed by atoms with Gasteiger partial charge in [-0.1, -0.05) is 6.07 Å². The fourth-order valence-electron chi connectivity index (χ4n) is 2.75. The van der Waals surface area contributed by atoms with Crippen molar-refractivity contribution in [2.24, 2.45) is 10.7 Å². The SMILES string of the molecule is CN=CC(=CN)c1cnc2ccc(-c3cncc(NS(=O)(=O)CC(F)(F)F)c3)cc2n1. The van der Waals surface area contributed by atoms with Crippen molar-refractivity contribution in [2.45, 2.75) is 6.18 Å². The van der Waals surface area contributed by atoms with E-state index >= 15 is 0 Å². The van der Waals surface area contributed by atoms with Gasteiger partial charge in [0.25, 0.3) is 0 Å². The van der Waals surface area contributed by atoms with E-state index in [0.717, 1.165) is 6.20 Å². The number of sulfonamides is 1. The highest BCUT2D eigenvalue weighted by atomic mass is 32.2. The van der Waals surface area contributed by atoms with Crippen LogP contribution < -0.4 is 10.5 Å². The van der Waals surface area contributed by atoms with E-state index < -0.39 is 22.0 Å². The Morgan fingerprint density at radius 3 is 2.61 bits per heavy atom. The molecule has 3 aromatic rings. The van der Waals surface area contributed by atoms with Gasteiger partial charge in [-0.2, -0.15) is 13.2 Å². The highest BCUT2D eigenvalue weighted by Gasteiger charge is 2.35. The van der Waals surface area contributed by atoms with Gasteiger partial charge in [0.15, 0.2) is 5.75 Å². The molecule has 3 N–H and O–H groups in total. The Bertz CT molecular complexity index is 1270. The van der Waals surface area contributed by atoms with Crippen molar-refractivity contribution in [1.82, 2.24) is 15.0 Å². The van der Waals surface area contributed by atoms with Crippen LogP contribution in [-0.4, -0.2) is 48.6 Å². The molecule has 0 unspecified atom stereocenters. The lowest BCUT2D eigenvalue weighted by atomic mass is 10.1. The van der Waals surface area contributed by atoms with Crippen molar-refractivity contribution in [3.63, 3.8) is 0 Å². The van der Waals surface area contributed by atoms with Gasteiger partial charge in [-0.25, -0.2) is 13.4 Å². The second kappa shape index (κ2) is 8.68. The Morgan fingerprint density at radius 1 is 1.16 bits per heavy atom. The van der Waals surface area contributed by atoms with E-state index in [4.69, 9.17) is 5.73 Å². The highest BCUT2D eigenvalue weighted by Crippen LogP contribution is 2.26. The van der Waals surface area contributed by atoms with Crippen LogP contribution in [-0.2, 0) is 10.0 Å². The lowest BCUT2D eigenvalue weighted by Crippen LogP contribution is -2.27. The maximum atomic E-state index is 12.4. The lowest BCUT2D eigenvalue weighted by molar-refractivity contribution is -0.106. The van der Waals surface area contributed by atoms with E-state index in [0.29, 0.717) is 33.4 Å². The Morgan fingerprint density at radius 2 is 1.94 bits per heavy atom. The normalized spacial score (nSPS) is 13.1. The number of fused-ring (bicyclic) bond motifs is 1. The zero-order valence-corrected chi connectivity index (χ0v) is 16.9. The van der Waals surface area contributed by atoms with E-state index in [9.17, 15) is 21.6 Å². The van der Waals surface area contributed by atoms with Gasteiger partial charge in [-0.05, 0) is 23.8 Å². The molecule has 12 heteroatoms. The molecule has 1 aromatic carbocycles. The molecule has 0 aliphatic heterocycles. The van der Waals surface area contributed by atoms with Crippen LogP contribution in [0.15, 0.2) is 54.0 Å². The third kappa shape index (κ3) is 5.75. The summed E-state index contributed by atoms with van der Waals surface area (Å²) in [7, 11) is -3.02. The minimum absolute atomic E-state index is 0.0887. The molecule has 0 radical (unpaired) electrons. The zero-order chi connectivity index (χ0) is 22.6. The number of halogens is 3. The molecule has 0 fully saturated rings. The first kappa shape index (κ1) is 22.2. The first-order valence-corrected chi connectivity index (χ1v) is 10.4. The molecule has 0 amide bonds. The van der Waals surface area contributed by atoms with Crippen molar-refractivity contribution >= 4 is 38.5 Å². The summed E-state index contributed by atoms with van der Waals surface area (Å²) >= 11 is 0. The summed E-state index contributed by atoms with van der Waals surface area (Å²) in [5.74, 6) is -1.99. The summed E-state index contributed by atoms with van der Waals surface area (Å²) in [6, 6.07) is 6.51. The predicted octanol–water partition coefficient (Wildman–Crippen LogP) is 3.00. The van der Waals surface area contributed by atoms with E-state index in [1.165, 1.54) is 18.5 Å². The molecule has 0 aliphatic rings. The number of nitrogens with one attached hydrogen (secondary N) is 1. The molecule has 0 atom stereocenters. The number of nitrogens with zero attached hydrogens (tertiary/aromatic N) is 4. The quantitative estimate of drug-likeness (QED) is 0.557. The van der Waals surface area contributed by atoms with Gasteiger partial charge < -0.3 is 5.73 Å². The summed E-state index contributed by atoms with van der Waals surface area (Å²) in [6.07, 6.45) is 2.17. The number of aliphatic imine (C=N–C) groups is 1. The summed E-state index contributed by atoms with van der Waals surface area (Å²) in [6.45, 7) is 0. The van der Waals surface area contributed by atoms with Crippen molar-refractivity contribution < 1.29 is 21.6 Å². The first-order chi connectivity index (χ1) is 14.6. The molecular weight excluding hydrogens is 433 g/mol. The Labute approximate surface area is 175 Å². The number of benzene rings is 1. The average molecular weight is 450 g/mol. The number of anilines is 1. The number of aromatic nitrogens is 3. The molecule has 2 heterocycles. The third-order valence-corrected chi connectivity index (χ3v) is 5.24. The molecule has 31 heavy (non-hydrogen) atoms. The van der Waals surface area contributed by atoms with Gasteiger partial charge in [0, 0.05) is 36.8 Å². The largest absolute Gasteiger partial charge is 0.404 e. The predicted molar refractivity (Wildman–Crippen MR) is 113 cm³/mol. The van der Waals surface area contributed by atoms with Gasteiger partial charge in [0.2, 0.25) is 10.0 Å². The molecule has 3 rings (SSSR count). The van der Waals surface area contributed by atoms with Gasteiger partial charge in [-0.15, -0.1) is 0 Å². The average Bonchev–Trinajstić information content (AvgIpc) is 2.69. The minimum Gasteiger partial charge on any atom is -0.404 e. The van der Waals surface area contributed by atoms with E-state index in [1.807, 2.05) is 4.72 Å². The van der Waals surface area contributed by atoms with Crippen LogP contribution in [0.4, 0.5) is 18.9 Å². The molecular formula is C19H17F3N6O2S. The molecule has 0 spiro atoms. The van der Waals surface area contributed by atoms with Crippen molar-refractivity contribution in [1.29, 1.82) is 0 Å². The second-order valence-electron chi connectivity index (χ2n) is 6.41. The molecule has 2 aromatic heterocycles. The van der Waals surface area contributed by atoms with E-state index in [-0.39, 0.29) is 5.69 Å². The maximum absolute atomic E-state index is 12.4. The van der Waals surface area contributed by atoms with E-state index in [1.54, 1.807) is 37.7 Å². The van der Waals surface area contributed by atoms with Gasteiger partial charge >= 0.3 is 6.18 Å². The smallest absolute Gasteiger partial charge is 0.404 e. The number of hydrogen-bond acceptors (Lipinski definition) is 7. The Balaban J connectivity index is 1.95. The monoisotopic (exact) mass is 450 g/mol. The number of hydrogen-bond donors (Lipinski definition) is 2. The van der Waals surface area contributed by atoms with Crippen LogP contribution in [0.2, 0.25) is 0 Å². The van der Waals surface area contributed by atoms with Gasteiger partial charge in [-0.3, -0.25) is 19.7 Å². The summed E-state index contributed by atoms with van der Waals surface area (Å²) in [4.78, 5) is 16.7. The Kier molecular flexibility index (Phi) is 6.20. The Hall–Kier alpha value is -3.54. The highest BCUT2D eigenvalue weighted by molar-refractivity contribution is 7.92. The van der Waals surface area contributed by atoms with Crippen LogP contribution in [0.3, 0.4) is 0 Å². The number of pyridine rings is 1. The van der Waals surface area contributed by atoms with Crippen molar-refractivity contribution in [2.75, 3.05) is 17.5 Å².